The van der Waals surface area contributed by atoms with Gasteiger partial charge >= 0.3 is 5.97 Å². The van der Waals surface area contributed by atoms with Gasteiger partial charge in [0.05, 0.1) is 5.56 Å². The van der Waals surface area contributed by atoms with Crippen LogP contribution in [0.5, 0.6) is 0 Å². The molecule has 0 saturated carbocycles. The van der Waals surface area contributed by atoms with Crippen LogP contribution in [0.1, 0.15) is 10.4 Å². The van der Waals surface area contributed by atoms with Gasteiger partial charge in [0.15, 0.2) is 0 Å². The minimum Gasteiger partial charge on any atom is -0.478 e. The number of benzene rings is 2. The molecule has 6 nitrogen and oxygen atoms in total. The van der Waals surface area contributed by atoms with Gasteiger partial charge in [-0.15, -0.1) is 0 Å². The molecule has 100 valence electrons. The van der Waals surface area contributed by atoms with Gasteiger partial charge in [0.25, 0.3) is 0 Å². The fraction of sp³-hybridized carbons (Fsp3) is 0. The van der Waals surface area contributed by atoms with Gasteiger partial charge in [0.1, 0.15) is 0 Å². The van der Waals surface area contributed by atoms with E-state index in [1.807, 2.05) is 0 Å². The molecule has 2 aromatic carbocycles. The molecular weight excluding hydrogens is 280 g/mol. The highest BCUT2D eigenvalue weighted by molar-refractivity contribution is 6.30. The molecule has 0 aromatic heterocycles. The third-order valence-electron chi connectivity index (χ3n) is 2.68. The Hall–Kier alpha value is -2.69. The highest BCUT2D eigenvalue weighted by Gasteiger charge is 2.16. The van der Waals surface area contributed by atoms with Crippen LogP contribution in [0.2, 0.25) is 5.02 Å². The summed E-state index contributed by atoms with van der Waals surface area (Å²) in [5, 5.41) is 13.2. The van der Waals surface area contributed by atoms with E-state index in [4.69, 9.17) is 22.9 Å². The predicted molar refractivity (Wildman–Crippen MR) is 77.1 cm³/mol. The molecule has 0 aliphatic heterocycles. The molecule has 2 rings (SSSR count). The number of nitrogen functional groups attached to an aromatic ring is 1. The normalized spacial score (nSPS) is 9.85. The van der Waals surface area contributed by atoms with Gasteiger partial charge in [-0.2, -0.15) is 0 Å². The number of azide groups is 1. The average Bonchev–Trinajstić information content (AvgIpc) is 2.40. The maximum atomic E-state index is 11.4. The molecule has 0 fully saturated rings. The summed E-state index contributed by atoms with van der Waals surface area (Å²) in [5.74, 6) is -1.16. The number of aromatic carboxylic acids is 1. The quantitative estimate of drug-likeness (QED) is 0.381. The van der Waals surface area contributed by atoms with E-state index in [1.165, 1.54) is 12.1 Å². The second-order valence-corrected chi connectivity index (χ2v) is 4.40. The fourth-order valence-corrected chi connectivity index (χ4v) is 1.99. The van der Waals surface area contributed by atoms with Crippen LogP contribution >= 0.6 is 11.6 Å². The summed E-state index contributed by atoms with van der Waals surface area (Å²) in [6.07, 6.45) is 0. The highest BCUT2D eigenvalue weighted by atomic mass is 35.5. The molecule has 0 saturated heterocycles. The van der Waals surface area contributed by atoms with Crippen molar-refractivity contribution in [1.29, 1.82) is 0 Å². The zero-order chi connectivity index (χ0) is 14.7. The molecule has 7 heteroatoms. The summed E-state index contributed by atoms with van der Waals surface area (Å²) in [6, 6.07) is 9.34. The molecule has 0 aliphatic carbocycles. The van der Waals surface area contributed by atoms with E-state index in [0.29, 0.717) is 16.1 Å². The molecule has 0 spiro atoms. The maximum Gasteiger partial charge on any atom is 0.336 e. The number of carbonyl (C=O) groups is 1. The molecule has 0 unspecified atom stereocenters. The van der Waals surface area contributed by atoms with Crippen molar-refractivity contribution < 1.29 is 9.90 Å². The Morgan fingerprint density at radius 1 is 1.30 bits per heavy atom. The Labute approximate surface area is 119 Å². The first-order chi connectivity index (χ1) is 9.52. The van der Waals surface area contributed by atoms with Gasteiger partial charge < -0.3 is 10.8 Å². The number of halogens is 1. The van der Waals surface area contributed by atoms with Crippen LogP contribution in [-0.4, -0.2) is 11.1 Å². The Balaban J connectivity index is 2.71. The van der Waals surface area contributed by atoms with E-state index < -0.39 is 5.97 Å². The number of hydrogen-bond acceptors (Lipinski definition) is 3. The molecule has 0 aliphatic rings. The zero-order valence-electron chi connectivity index (χ0n) is 10.1. The van der Waals surface area contributed by atoms with E-state index in [-0.39, 0.29) is 16.9 Å². The summed E-state index contributed by atoms with van der Waals surface area (Å²) < 4.78 is 0. The van der Waals surface area contributed by atoms with E-state index in [9.17, 15) is 9.90 Å². The van der Waals surface area contributed by atoms with E-state index in [1.54, 1.807) is 24.3 Å². The topological polar surface area (TPSA) is 112 Å². The molecule has 0 bridgehead atoms. The molecule has 0 heterocycles. The van der Waals surface area contributed by atoms with Gasteiger partial charge in [0.2, 0.25) is 0 Å². The highest BCUT2D eigenvalue weighted by Crippen LogP contribution is 2.34. The molecule has 3 N–H and O–H groups in total. The lowest BCUT2D eigenvalue weighted by atomic mass is 9.97. The van der Waals surface area contributed by atoms with Crippen molar-refractivity contribution in [3.05, 3.63) is 57.4 Å². The monoisotopic (exact) mass is 288 g/mol. The van der Waals surface area contributed by atoms with E-state index >= 15 is 0 Å². The van der Waals surface area contributed by atoms with Crippen molar-refractivity contribution >= 4 is 28.9 Å². The van der Waals surface area contributed by atoms with Crippen molar-refractivity contribution in [1.82, 2.24) is 0 Å². The second-order valence-electron chi connectivity index (χ2n) is 3.96. The summed E-state index contributed by atoms with van der Waals surface area (Å²) in [5.41, 5.74) is 15.6. The number of nitrogens with zero attached hydrogens (tertiary/aromatic N) is 3. The average molecular weight is 289 g/mol. The molecule has 20 heavy (non-hydrogen) atoms. The van der Waals surface area contributed by atoms with Gasteiger partial charge in [0, 0.05) is 26.9 Å². The first-order valence-corrected chi connectivity index (χ1v) is 5.88. The molecule has 0 atom stereocenters. The van der Waals surface area contributed by atoms with Crippen molar-refractivity contribution in [3.63, 3.8) is 0 Å². The third-order valence-corrected chi connectivity index (χ3v) is 2.93. The lowest BCUT2D eigenvalue weighted by Gasteiger charge is -2.11. The SMILES string of the molecule is [N-]=[N+]=Nc1cc(N)c(-c2ccc(Cl)cc2)c(C(=O)O)c1. The van der Waals surface area contributed by atoms with Crippen molar-refractivity contribution in [3.8, 4) is 11.1 Å². The number of hydrogen-bond donors (Lipinski definition) is 2. The molecular formula is C13H9ClN4O2. The smallest absolute Gasteiger partial charge is 0.336 e. The maximum absolute atomic E-state index is 11.4. The number of rotatable bonds is 3. The minimum absolute atomic E-state index is 0.0327. The largest absolute Gasteiger partial charge is 0.478 e. The van der Waals surface area contributed by atoms with Gasteiger partial charge in [-0.25, -0.2) is 4.79 Å². The van der Waals surface area contributed by atoms with E-state index in [0.717, 1.165) is 0 Å². The number of carboxylic acids is 1. The molecule has 2 aromatic rings. The molecule has 0 amide bonds. The Bertz CT molecular complexity index is 722. The van der Waals surface area contributed by atoms with Gasteiger partial charge in [-0.1, -0.05) is 28.8 Å². The molecule has 0 radical (unpaired) electrons. The van der Waals surface area contributed by atoms with Gasteiger partial charge in [-0.05, 0) is 35.4 Å². The predicted octanol–water partition coefficient (Wildman–Crippen LogP) is 4.23. The summed E-state index contributed by atoms with van der Waals surface area (Å²) in [7, 11) is 0. The number of anilines is 1. The van der Waals surface area contributed by atoms with Crippen LogP contribution < -0.4 is 5.73 Å². The van der Waals surface area contributed by atoms with Crippen LogP contribution in [0.15, 0.2) is 41.5 Å². The van der Waals surface area contributed by atoms with Crippen molar-refractivity contribution in [2.75, 3.05) is 5.73 Å². The van der Waals surface area contributed by atoms with Crippen LogP contribution in [0.25, 0.3) is 21.6 Å². The summed E-state index contributed by atoms with van der Waals surface area (Å²) in [4.78, 5) is 14.0. The first kappa shape index (κ1) is 13.7. The Morgan fingerprint density at radius 3 is 2.50 bits per heavy atom. The number of carboxylic acid groups (broad SMARTS) is 1. The van der Waals surface area contributed by atoms with Crippen molar-refractivity contribution in [2.24, 2.45) is 5.11 Å². The van der Waals surface area contributed by atoms with Crippen LogP contribution in [0.3, 0.4) is 0 Å². The van der Waals surface area contributed by atoms with Crippen molar-refractivity contribution in [2.45, 2.75) is 0 Å². The standard InChI is InChI=1S/C13H9ClN4O2/c14-8-3-1-7(2-4-8)12-10(13(19)20)5-9(17-18-16)6-11(12)15/h1-6H,15H2,(H,19,20). The van der Waals surface area contributed by atoms with E-state index in [2.05, 4.69) is 10.0 Å². The Kier molecular flexibility index (Phi) is 3.79. The van der Waals surface area contributed by atoms with Crippen LogP contribution in [0, 0.1) is 0 Å². The van der Waals surface area contributed by atoms with Crippen LogP contribution in [0.4, 0.5) is 11.4 Å². The lowest BCUT2D eigenvalue weighted by Crippen LogP contribution is -2.02. The summed E-state index contributed by atoms with van der Waals surface area (Å²) >= 11 is 5.80. The summed E-state index contributed by atoms with van der Waals surface area (Å²) in [6.45, 7) is 0. The lowest BCUT2D eigenvalue weighted by molar-refractivity contribution is 0.0698. The third kappa shape index (κ3) is 2.66. The van der Waals surface area contributed by atoms with Gasteiger partial charge in [-0.3, -0.25) is 0 Å². The Morgan fingerprint density at radius 2 is 1.95 bits per heavy atom. The first-order valence-electron chi connectivity index (χ1n) is 5.51. The minimum atomic E-state index is -1.16. The number of nitrogens with two attached hydrogens (primary N) is 1. The fourth-order valence-electron chi connectivity index (χ4n) is 1.87. The zero-order valence-corrected chi connectivity index (χ0v) is 10.9. The van der Waals surface area contributed by atoms with Crippen LogP contribution in [-0.2, 0) is 0 Å². The second kappa shape index (κ2) is 5.52.